The average molecular weight is 653 g/mol. The lowest BCUT2D eigenvalue weighted by atomic mass is 9.81. The van der Waals surface area contributed by atoms with Gasteiger partial charge in [-0.25, -0.2) is 19.6 Å². The molecule has 0 aliphatic carbocycles. The van der Waals surface area contributed by atoms with E-state index in [0.717, 1.165) is 46.5 Å². The minimum absolute atomic E-state index is 0.0104. The van der Waals surface area contributed by atoms with Crippen LogP contribution in [0, 0.1) is 18.8 Å². The molecule has 2 N–H and O–H groups in total. The van der Waals surface area contributed by atoms with Crippen LogP contribution in [-0.4, -0.2) is 66.5 Å². The molecule has 48 heavy (non-hydrogen) atoms. The molecular weight excluding hydrogens is 612 g/mol. The summed E-state index contributed by atoms with van der Waals surface area (Å²) < 4.78 is 15.1. The molecule has 0 aromatic carbocycles. The second-order valence-electron chi connectivity index (χ2n) is 12.0. The molecule has 0 fully saturated rings. The van der Waals surface area contributed by atoms with Gasteiger partial charge in [0.05, 0.1) is 61.0 Å². The summed E-state index contributed by atoms with van der Waals surface area (Å²) in [6.07, 6.45) is 8.52. The molecule has 0 amide bonds. The van der Waals surface area contributed by atoms with Crippen molar-refractivity contribution in [3.63, 3.8) is 0 Å². The quantitative estimate of drug-likeness (QED) is 0.151. The van der Waals surface area contributed by atoms with E-state index in [1.54, 1.807) is 19.1 Å². The molecule has 8 bridgehead atoms. The van der Waals surface area contributed by atoms with Crippen LogP contribution in [0.15, 0.2) is 78.3 Å². The van der Waals surface area contributed by atoms with E-state index in [2.05, 4.69) is 11.6 Å². The lowest BCUT2D eigenvalue weighted by Gasteiger charge is -2.21. The highest BCUT2D eigenvalue weighted by molar-refractivity contribution is 6.41. The molecule has 0 spiro atoms. The lowest BCUT2D eigenvalue weighted by Crippen LogP contribution is -2.29. The van der Waals surface area contributed by atoms with Gasteiger partial charge in [0, 0.05) is 40.9 Å². The van der Waals surface area contributed by atoms with E-state index in [0.29, 0.717) is 29.1 Å². The number of nitrogens with zero attached hydrogens (tertiary/aromatic N) is 3. The molecule has 0 saturated carbocycles. The minimum atomic E-state index is -1.04. The Morgan fingerprint density at radius 3 is 2.29 bits per heavy atom. The number of aliphatic hydroxyl groups excluding tert-OH is 1. The standard InChI is InChI=1S/C37H40N4O7/c1-10-21-17(3)24-14-26-19(5)23(12-13-30(42)46-7)33(40-26)32(35(43)37(45)48-9)34-31(36(44)47-8)20(6)27(41-34)16-29-22(11-2)18(4)25(39-29)15-28(21)38-24/h10,14-16,19,23,38,43H,1,11-13H2,2-9H3/b25-15?,26-14?,27-16?,35-32-/t19-,23-/m0/s1. The van der Waals surface area contributed by atoms with E-state index in [9.17, 15) is 19.5 Å². The first kappa shape index (κ1) is 34.0. The molecule has 11 heteroatoms. The fourth-order valence-electron chi connectivity index (χ4n) is 6.65. The summed E-state index contributed by atoms with van der Waals surface area (Å²) in [7, 11) is 3.71. The predicted octanol–water partition coefficient (Wildman–Crippen LogP) is 6.32. The van der Waals surface area contributed by atoms with Gasteiger partial charge in [-0.2, -0.15) is 0 Å². The largest absolute Gasteiger partial charge is 0.501 e. The number of aromatic nitrogens is 1. The second kappa shape index (κ2) is 13.4. The zero-order valence-electron chi connectivity index (χ0n) is 28.5. The number of allylic oxidation sites excluding steroid dienone is 6. The summed E-state index contributed by atoms with van der Waals surface area (Å²) in [6.45, 7) is 13.8. The number of hydrogen-bond acceptors (Lipinski definition) is 10. The van der Waals surface area contributed by atoms with Crippen molar-refractivity contribution in [3.05, 3.63) is 85.9 Å². The van der Waals surface area contributed by atoms with Crippen LogP contribution in [0.4, 0.5) is 0 Å². The van der Waals surface area contributed by atoms with Crippen molar-refractivity contribution in [1.29, 1.82) is 0 Å². The van der Waals surface area contributed by atoms with Gasteiger partial charge in [-0.05, 0) is 74.1 Å². The molecule has 2 atom stereocenters. The molecule has 1 aromatic rings. The average Bonchev–Trinajstić information content (AvgIpc) is 3.75. The molecule has 1 aromatic heterocycles. The fourth-order valence-corrected chi connectivity index (χ4v) is 6.65. The highest BCUT2D eigenvalue weighted by Crippen LogP contribution is 2.42. The summed E-state index contributed by atoms with van der Waals surface area (Å²) in [5.41, 5.74) is 8.71. The van der Waals surface area contributed by atoms with Gasteiger partial charge in [0.1, 0.15) is 0 Å². The van der Waals surface area contributed by atoms with E-state index in [-0.39, 0.29) is 41.3 Å². The Hall–Kier alpha value is -5.32. The van der Waals surface area contributed by atoms with Crippen LogP contribution in [0.5, 0.6) is 0 Å². The molecule has 0 radical (unpaired) electrons. The number of H-pyrrole nitrogens is 1. The fraction of sp³-hybridized carbons (Fsp3) is 0.351. The highest BCUT2D eigenvalue weighted by Gasteiger charge is 2.42. The van der Waals surface area contributed by atoms with Gasteiger partial charge in [0.15, 0.2) is 0 Å². The van der Waals surface area contributed by atoms with E-state index in [4.69, 9.17) is 29.2 Å². The maximum atomic E-state index is 13.4. The number of nitrogens with one attached hydrogen (secondary N) is 1. The van der Waals surface area contributed by atoms with Crippen LogP contribution >= 0.6 is 0 Å². The molecular formula is C37H40N4O7. The normalized spacial score (nSPS) is 21.2. The predicted molar refractivity (Wildman–Crippen MR) is 185 cm³/mol. The molecule has 11 nitrogen and oxygen atoms in total. The number of aromatic amines is 1. The van der Waals surface area contributed by atoms with Crippen molar-refractivity contribution in [2.75, 3.05) is 21.3 Å². The third kappa shape index (κ3) is 5.74. The van der Waals surface area contributed by atoms with Gasteiger partial charge < -0.3 is 24.3 Å². The first-order chi connectivity index (χ1) is 22.9. The Balaban J connectivity index is 1.91. The molecule has 4 aliphatic heterocycles. The summed E-state index contributed by atoms with van der Waals surface area (Å²) in [5.74, 6) is -3.73. The Morgan fingerprint density at radius 1 is 0.958 bits per heavy atom. The summed E-state index contributed by atoms with van der Waals surface area (Å²) in [5, 5.41) is 11.5. The van der Waals surface area contributed by atoms with Gasteiger partial charge >= 0.3 is 17.9 Å². The third-order valence-corrected chi connectivity index (χ3v) is 9.44. The van der Waals surface area contributed by atoms with E-state index in [1.165, 1.54) is 14.2 Å². The number of fused-ring (bicyclic) bond motifs is 5. The van der Waals surface area contributed by atoms with Crippen molar-refractivity contribution in [1.82, 2.24) is 4.98 Å². The number of carbonyl (C=O) groups is 3. The topological polar surface area (TPSA) is 152 Å². The summed E-state index contributed by atoms with van der Waals surface area (Å²) >= 11 is 0. The van der Waals surface area contributed by atoms with Crippen LogP contribution in [0.25, 0.3) is 18.2 Å². The Labute approximate surface area is 279 Å². The molecule has 4 aliphatic rings. The number of rotatable bonds is 7. The Bertz CT molecular complexity index is 1940. The molecule has 0 saturated heterocycles. The van der Waals surface area contributed by atoms with Gasteiger partial charge in [-0.15, -0.1) is 0 Å². The Kier molecular flexibility index (Phi) is 9.52. The van der Waals surface area contributed by atoms with E-state index < -0.39 is 29.6 Å². The van der Waals surface area contributed by atoms with Crippen LogP contribution in [0.3, 0.4) is 0 Å². The van der Waals surface area contributed by atoms with Crippen molar-refractivity contribution in [2.24, 2.45) is 26.8 Å². The SMILES string of the molecule is C=Cc1c2[nH]c(c1C)C=C1N=C(/C(=C(/O)C(=O)OC)C3=NC(=CC4=NC(=C2)C(C)=C4CC)C(C)=C3C(=O)OC)[C@@H](CCC(=O)OC)[C@@H]1C. The number of ether oxygens (including phenoxy) is 3. The van der Waals surface area contributed by atoms with Crippen molar-refractivity contribution >= 4 is 53.3 Å². The minimum Gasteiger partial charge on any atom is -0.501 e. The van der Waals surface area contributed by atoms with Crippen molar-refractivity contribution in [3.8, 4) is 0 Å². The summed E-state index contributed by atoms with van der Waals surface area (Å²) in [4.78, 5) is 57.2. The number of methoxy groups -OCH3 is 3. The molecule has 5 heterocycles. The number of aliphatic imine (C=N–C) groups is 3. The maximum Gasteiger partial charge on any atom is 0.373 e. The number of carbonyl (C=O) groups excluding carboxylic acids is 3. The van der Waals surface area contributed by atoms with Crippen molar-refractivity contribution in [2.45, 2.75) is 53.9 Å². The lowest BCUT2D eigenvalue weighted by molar-refractivity contribution is -0.141. The van der Waals surface area contributed by atoms with Gasteiger partial charge in [0.2, 0.25) is 5.76 Å². The first-order valence-electron chi connectivity index (χ1n) is 15.8. The van der Waals surface area contributed by atoms with Gasteiger partial charge in [-0.3, -0.25) is 9.79 Å². The van der Waals surface area contributed by atoms with Gasteiger partial charge in [-0.1, -0.05) is 26.5 Å². The molecule has 0 unspecified atom stereocenters. The zero-order chi connectivity index (χ0) is 35.0. The van der Waals surface area contributed by atoms with Crippen LogP contribution in [-0.2, 0) is 28.6 Å². The third-order valence-electron chi connectivity index (χ3n) is 9.44. The number of hydrogen-bond donors (Lipinski definition) is 2. The molecule has 5 rings (SSSR count). The summed E-state index contributed by atoms with van der Waals surface area (Å²) in [6, 6.07) is 0. The number of aliphatic hydroxyl groups is 1. The number of esters is 3. The smallest absolute Gasteiger partial charge is 0.373 e. The molecule has 250 valence electrons. The first-order valence-corrected chi connectivity index (χ1v) is 15.8. The van der Waals surface area contributed by atoms with Crippen molar-refractivity contribution < 1.29 is 33.7 Å². The Morgan fingerprint density at radius 2 is 1.67 bits per heavy atom. The van der Waals surface area contributed by atoms with Crippen LogP contribution < -0.4 is 0 Å². The van der Waals surface area contributed by atoms with Crippen LogP contribution in [0.1, 0.15) is 69.5 Å². The highest BCUT2D eigenvalue weighted by atomic mass is 16.5. The monoisotopic (exact) mass is 652 g/mol. The second-order valence-corrected chi connectivity index (χ2v) is 12.0. The van der Waals surface area contributed by atoms with Crippen LogP contribution in [0.2, 0.25) is 0 Å². The zero-order valence-corrected chi connectivity index (χ0v) is 28.5. The maximum absolute atomic E-state index is 13.4. The van der Waals surface area contributed by atoms with E-state index >= 15 is 0 Å². The van der Waals surface area contributed by atoms with E-state index in [1.807, 2.05) is 39.8 Å². The van der Waals surface area contributed by atoms with Gasteiger partial charge in [0.25, 0.3) is 0 Å².